The van der Waals surface area contributed by atoms with Crippen LogP contribution in [0.4, 0.5) is 4.79 Å². The molecule has 2 heterocycles. The van der Waals surface area contributed by atoms with E-state index >= 15 is 0 Å². The minimum Gasteiger partial charge on any atom is -0.335 e. The zero-order chi connectivity index (χ0) is 17.3. The lowest BCUT2D eigenvalue weighted by Crippen LogP contribution is -2.45. The maximum Gasteiger partial charge on any atom is 0.317 e. The van der Waals surface area contributed by atoms with Crippen LogP contribution < -0.4 is 10.9 Å². The minimum absolute atomic E-state index is 0.116. The highest BCUT2D eigenvalue weighted by Gasteiger charge is 2.26. The van der Waals surface area contributed by atoms with Crippen LogP contribution in [0.2, 0.25) is 0 Å². The van der Waals surface area contributed by atoms with Gasteiger partial charge in [-0.2, -0.15) is 0 Å². The van der Waals surface area contributed by atoms with Gasteiger partial charge in [-0.25, -0.2) is 9.78 Å². The number of nitrogens with zero attached hydrogens (tertiary/aromatic N) is 2. The first-order valence-electron chi connectivity index (χ1n) is 8.42. The molecular formula is C17H24N4O2S. The number of carbonyl (C=O) groups is 1. The van der Waals surface area contributed by atoms with Crippen LogP contribution in [-0.2, 0) is 6.54 Å². The molecule has 0 radical (unpaired) electrons. The quantitative estimate of drug-likeness (QED) is 0.895. The molecule has 1 fully saturated rings. The Labute approximate surface area is 145 Å². The molecule has 2 aromatic heterocycles. The van der Waals surface area contributed by atoms with Gasteiger partial charge in [-0.1, -0.05) is 13.8 Å². The van der Waals surface area contributed by atoms with Gasteiger partial charge in [-0.3, -0.25) is 4.79 Å². The molecule has 0 bridgehead atoms. The predicted octanol–water partition coefficient (Wildman–Crippen LogP) is 2.95. The van der Waals surface area contributed by atoms with Crippen LogP contribution in [0.3, 0.4) is 0 Å². The summed E-state index contributed by atoms with van der Waals surface area (Å²) in [6.07, 6.45) is 3.21. The molecule has 0 aliphatic heterocycles. The van der Waals surface area contributed by atoms with Crippen molar-refractivity contribution >= 4 is 27.6 Å². The second-order valence-electron chi connectivity index (χ2n) is 6.92. The van der Waals surface area contributed by atoms with E-state index in [1.807, 2.05) is 11.4 Å². The van der Waals surface area contributed by atoms with Crippen molar-refractivity contribution in [3.8, 4) is 0 Å². The van der Waals surface area contributed by atoms with Gasteiger partial charge in [-0.15, -0.1) is 11.3 Å². The van der Waals surface area contributed by atoms with E-state index in [-0.39, 0.29) is 24.2 Å². The molecule has 2 N–H and O–H groups in total. The summed E-state index contributed by atoms with van der Waals surface area (Å²) in [5, 5.41) is 4.95. The maximum atomic E-state index is 12.4. The van der Waals surface area contributed by atoms with Crippen LogP contribution in [0.5, 0.6) is 0 Å². The lowest BCUT2D eigenvalue weighted by molar-refractivity contribution is 0.183. The molecule has 1 saturated carbocycles. The van der Waals surface area contributed by atoms with Gasteiger partial charge in [0.25, 0.3) is 5.56 Å². The topological polar surface area (TPSA) is 78.1 Å². The van der Waals surface area contributed by atoms with Gasteiger partial charge in [0.2, 0.25) is 0 Å². The van der Waals surface area contributed by atoms with Crippen molar-refractivity contribution in [1.82, 2.24) is 20.2 Å². The third kappa shape index (κ3) is 3.61. The summed E-state index contributed by atoms with van der Waals surface area (Å²) in [5.74, 6) is 1.87. The fraction of sp³-hybridized carbons (Fsp3) is 0.588. The number of aromatic amines is 1. The summed E-state index contributed by atoms with van der Waals surface area (Å²) in [6.45, 7) is 4.81. The van der Waals surface area contributed by atoms with Crippen molar-refractivity contribution < 1.29 is 4.79 Å². The number of hydrogen-bond acceptors (Lipinski definition) is 4. The van der Waals surface area contributed by atoms with E-state index in [1.165, 1.54) is 11.3 Å². The number of hydrogen-bond donors (Lipinski definition) is 2. The van der Waals surface area contributed by atoms with Gasteiger partial charge in [0.15, 0.2) is 0 Å². The molecule has 3 atom stereocenters. The van der Waals surface area contributed by atoms with Gasteiger partial charge in [0.05, 0.1) is 12.1 Å². The molecule has 0 aromatic carbocycles. The van der Waals surface area contributed by atoms with Crippen LogP contribution in [0, 0.1) is 11.8 Å². The molecule has 0 spiro atoms. The van der Waals surface area contributed by atoms with Gasteiger partial charge < -0.3 is 15.2 Å². The van der Waals surface area contributed by atoms with Crippen molar-refractivity contribution in [2.45, 2.75) is 45.7 Å². The highest BCUT2D eigenvalue weighted by atomic mass is 32.1. The fourth-order valence-electron chi connectivity index (χ4n) is 3.26. The fourth-order valence-corrected chi connectivity index (χ4v) is 3.98. The standard InChI is InChI=1S/C17H24N4O2S/c1-10-4-5-12(8-11(10)2)18-17(23)21(3)9-14-19-13-6-7-24-15(13)16(22)20-14/h6-7,10-12H,4-5,8-9H2,1-3H3,(H,18,23)(H,19,20,22)/t10-,11+,12-/m1/s1. The van der Waals surface area contributed by atoms with Crippen molar-refractivity contribution in [3.63, 3.8) is 0 Å². The van der Waals surface area contributed by atoms with E-state index in [2.05, 4.69) is 29.1 Å². The van der Waals surface area contributed by atoms with E-state index in [1.54, 1.807) is 11.9 Å². The van der Waals surface area contributed by atoms with Crippen LogP contribution in [0.25, 0.3) is 10.2 Å². The van der Waals surface area contributed by atoms with Crippen LogP contribution in [0.1, 0.15) is 38.9 Å². The summed E-state index contributed by atoms with van der Waals surface area (Å²) in [4.78, 5) is 33.1. The number of urea groups is 1. The average molecular weight is 348 g/mol. The Bertz CT molecular complexity index is 784. The predicted molar refractivity (Wildman–Crippen MR) is 96.2 cm³/mol. The number of amides is 2. The third-order valence-corrected chi connectivity index (χ3v) is 5.93. The minimum atomic E-state index is -0.145. The first-order chi connectivity index (χ1) is 11.4. The Hall–Kier alpha value is -1.89. The average Bonchev–Trinajstić information content (AvgIpc) is 3.00. The smallest absolute Gasteiger partial charge is 0.317 e. The molecule has 2 amide bonds. The molecule has 7 heteroatoms. The summed E-state index contributed by atoms with van der Waals surface area (Å²) >= 11 is 1.37. The van der Waals surface area contributed by atoms with Gasteiger partial charge >= 0.3 is 6.03 Å². The third-order valence-electron chi connectivity index (χ3n) is 5.02. The van der Waals surface area contributed by atoms with E-state index in [4.69, 9.17) is 0 Å². The summed E-state index contributed by atoms with van der Waals surface area (Å²) < 4.78 is 0.621. The highest BCUT2D eigenvalue weighted by molar-refractivity contribution is 7.17. The number of H-pyrrole nitrogens is 1. The van der Waals surface area contributed by atoms with Gasteiger partial charge in [0.1, 0.15) is 10.5 Å². The lowest BCUT2D eigenvalue weighted by atomic mass is 9.79. The van der Waals surface area contributed by atoms with Crippen molar-refractivity contribution in [2.24, 2.45) is 11.8 Å². The van der Waals surface area contributed by atoms with E-state index in [0.29, 0.717) is 22.0 Å². The van der Waals surface area contributed by atoms with E-state index in [0.717, 1.165) is 25.2 Å². The number of thiophene rings is 1. The van der Waals surface area contributed by atoms with Crippen LogP contribution >= 0.6 is 11.3 Å². The normalized spacial score (nSPS) is 24.0. The summed E-state index contributed by atoms with van der Waals surface area (Å²) in [5.41, 5.74) is 0.538. The summed E-state index contributed by atoms with van der Waals surface area (Å²) in [6, 6.07) is 1.94. The first-order valence-corrected chi connectivity index (χ1v) is 9.30. The Morgan fingerprint density at radius 3 is 2.96 bits per heavy atom. The maximum absolute atomic E-state index is 12.4. The molecule has 24 heavy (non-hydrogen) atoms. The highest BCUT2D eigenvalue weighted by Crippen LogP contribution is 2.29. The lowest BCUT2D eigenvalue weighted by Gasteiger charge is -2.33. The largest absolute Gasteiger partial charge is 0.335 e. The van der Waals surface area contributed by atoms with Crippen molar-refractivity contribution in [3.05, 3.63) is 27.6 Å². The van der Waals surface area contributed by atoms with E-state index in [9.17, 15) is 9.59 Å². The Morgan fingerprint density at radius 2 is 2.21 bits per heavy atom. The van der Waals surface area contributed by atoms with E-state index < -0.39 is 0 Å². The summed E-state index contributed by atoms with van der Waals surface area (Å²) in [7, 11) is 1.72. The van der Waals surface area contributed by atoms with Crippen LogP contribution in [-0.4, -0.2) is 34.0 Å². The zero-order valence-corrected chi connectivity index (χ0v) is 15.2. The molecule has 3 rings (SSSR count). The number of carbonyl (C=O) groups excluding carboxylic acids is 1. The van der Waals surface area contributed by atoms with Crippen molar-refractivity contribution in [2.75, 3.05) is 7.05 Å². The van der Waals surface area contributed by atoms with Crippen LogP contribution in [0.15, 0.2) is 16.2 Å². The Morgan fingerprint density at radius 1 is 1.42 bits per heavy atom. The second kappa shape index (κ2) is 6.93. The number of fused-ring (bicyclic) bond motifs is 1. The molecule has 2 aromatic rings. The first kappa shape index (κ1) is 17.0. The molecular weight excluding hydrogens is 324 g/mol. The zero-order valence-electron chi connectivity index (χ0n) is 14.3. The molecule has 130 valence electrons. The SMILES string of the molecule is C[C@@H]1CC[C@@H](NC(=O)N(C)Cc2nc3ccsc3c(=O)[nH]2)C[C@@H]1C. The Kier molecular flexibility index (Phi) is 4.89. The molecule has 0 saturated heterocycles. The molecule has 6 nitrogen and oxygen atoms in total. The molecule has 0 unspecified atom stereocenters. The second-order valence-corrected chi connectivity index (χ2v) is 7.83. The number of nitrogens with one attached hydrogen (secondary N) is 2. The number of aromatic nitrogens is 2. The van der Waals surface area contributed by atoms with Gasteiger partial charge in [-0.05, 0) is 42.5 Å². The van der Waals surface area contributed by atoms with Crippen molar-refractivity contribution in [1.29, 1.82) is 0 Å². The monoisotopic (exact) mass is 348 g/mol. The van der Waals surface area contributed by atoms with Gasteiger partial charge in [0, 0.05) is 13.1 Å². The molecule has 1 aliphatic carbocycles. The number of rotatable bonds is 3. The Balaban J connectivity index is 1.62. The molecule has 1 aliphatic rings.